The molecule has 3 N–H and O–H groups in total. The monoisotopic (exact) mass is 499 g/mol. The minimum Gasteiger partial charge on any atom is -0.398 e. The molecule has 7 nitrogen and oxygen atoms in total. The highest BCUT2D eigenvalue weighted by molar-refractivity contribution is 7.15. The fourth-order valence-electron chi connectivity index (χ4n) is 3.58. The van der Waals surface area contributed by atoms with E-state index in [1.807, 2.05) is 28.1 Å². The van der Waals surface area contributed by atoms with Crippen molar-refractivity contribution in [3.8, 4) is 0 Å². The molecule has 0 radical (unpaired) electrons. The Kier molecular flexibility index (Phi) is 7.14. The molecule has 10 heteroatoms. The third-order valence-electron chi connectivity index (χ3n) is 5.43. The Morgan fingerprint density at radius 2 is 2.12 bits per heavy atom. The fraction of sp³-hybridized carbons (Fsp3) is 0.208. The number of halogens is 2. The number of aryl methyl sites for hydroxylation is 1. The Hall–Kier alpha value is -3.43. The molecule has 0 aliphatic rings. The number of carbonyl (C=O) groups excluding carboxylic acids is 2. The number of hydrogen-bond donors (Lipinski definition) is 2. The molecule has 0 aliphatic carbocycles. The van der Waals surface area contributed by atoms with Crippen molar-refractivity contribution in [2.24, 2.45) is 0 Å². The van der Waals surface area contributed by atoms with Crippen molar-refractivity contribution in [2.45, 2.75) is 19.9 Å². The van der Waals surface area contributed by atoms with Crippen LogP contribution < -0.4 is 11.1 Å². The number of anilines is 1. The van der Waals surface area contributed by atoms with E-state index in [9.17, 15) is 14.0 Å². The lowest BCUT2D eigenvalue weighted by atomic mass is 10.1. The van der Waals surface area contributed by atoms with Gasteiger partial charge in [0, 0.05) is 53.8 Å². The number of nitrogen functional groups attached to an aromatic ring is 1. The summed E-state index contributed by atoms with van der Waals surface area (Å²) in [5, 5.41) is 5.18. The van der Waals surface area contributed by atoms with Crippen molar-refractivity contribution >= 4 is 45.4 Å². The van der Waals surface area contributed by atoms with Crippen LogP contribution in [-0.4, -0.2) is 39.2 Å². The van der Waals surface area contributed by atoms with Gasteiger partial charge in [-0.1, -0.05) is 23.7 Å². The Morgan fingerprint density at radius 3 is 2.91 bits per heavy atom. The molecule has 176 valence electrons. The highest BCUT2D eigenvalue weighted by atomic mass is 35.5. The van der Waals surface area contributed by atoms with Crippen LogP contribution in [0.4, 0.5) is 10.1 Å². The average molecular weight is 500 g/mol. The number of nitrogens with one attached hydrogen (secondary N) is 1. The van der Waals surface area contributed by atoms with Crippen LogP contribution in [0.3, 0.4) is 0 Å². The lowest BCUT2D eigenvalue weighted by molar-refractivity contribution is -0.131. The summed E-state index contributed by atoms with van der Waals surface area (Å²) in [4.78, 5) is 32.5. The number of fused-ring (bicyclic) bond motifs is 1. The largest absolute Gasteiger partial charge is 0.398 e. The van der Waals surface area contributed by atoms with E-state index in [0.717, 1.165) is 22.3 Å². The van der Waals surface area contributed by atoms with Crippen molar-refractivity contribution in [1.82, 2.24) is 19.6 Å². The zero-order valence-corrected chi connectivity index (χ0v) is 20.0. The number of rotatable bonds is 8. The summed E-state index contributed by atoms with van der Waals surface area (Å²) >= 11 is 7.58. The molecule has 0 unspecified atom stereocenters. The predicted molar refractivity (Wildman–Crippen MR) is 132 cm³/mol. The number of hydrogen-bond acceptors (Lipinski definition) is 5. The molecule has 0 spiro atoms. The van der Waals surface area contributed by atoms with E-state index < -0.39 is 11.7 Å². The number of aromatic nitrogens is 2. The van der Waals surface area contributed by atoms with E-state index in [4.69, 9.17) is 17.3 Å². The van der Waals surface area contributed by atoms with Crippen LogP contribution >= 0.6 is 22.9 Å². The normalized spacial score (nSPS) is 11.0. The van der Waals surface area contributed by atoms with Gasteiger partial charge in [-0.2, -0.15) is 0 Å². The quantitative estimate of drug-likeness (QED) is 0.357. The topological polar surface area (TPSA) is 92.7 Å². The number of imidazole rings is 1. The van der Waals surface area contributed by atoms with E-state index in [-0.39, 0.29) is 36.7 Å². The molecular formula is C24H23ClFN5O2S. The predicted octanol–water partition coefficient (Wildman–Crippen LogP) is 4.08. The van der Waals surface area contributed by atoms with Crippen LogP contribution in [0.1, 0.15) is 27.2 Å². The molecule has 4 aromatic rings. The number of carbonyl (C=O) groups is 2. The van der Waals surface area contributed by atoms with Crippen LogP contribution in [0.2, 0.25) is 5.02 Å². The maximum absolute atomic E-state index is 14.2. The van der Waals surface area contributed by atoms with Gasteiger partial charge in [-0.05, 0) is 42.3 Å². The van der Waals surface area contributed by atoms with E-state index >= 15 is 0 Å². The van der Waals surface area contributed by atoms with Gasteiger partial charge in [-0.3, -0.25) is 14.0 Å². The van der Waals surface area contributed by atoms with Gasteiger partial charge >= 0.3 is 0 Å². The van der Waals surface area contributed by atoms with Gasteiger partial charge in [0.1, 0.15) is 5.82 Å². The average Bonchev–Trinajstić information content (AvgIpc) is 3.40. The minimum atomic E-state index is -0.686. The van der Waals surface area contributed by atoms with E-state index in [1.165, 1.54) is 17.4 Å². The molecule has 2 aromatic carbocycles. The lowest BCUT2D eigenvalue weighted by Crippen LogP contribution is -2.39. The molecule has 0 saturated heterocycles. The van der Waals surface area contributed by atoms with Crippen molar-refractivity contribution in [3.05, 3.63) is 87.4 Å². The van der Waals surface area contributed by atoms with Gasteiger partial charge in [-0.15, -0.1) is 11.3 Å². The van der Waals surface area contributed by atoms with Gasteiger partial charge in [0.25, 0.3) is 5.91 Å². The molecular weight excluding hydrogens is 477 g/mol. The Balaban J connectivity index is 1.46. The molecule has 0 aliphatic heterocycles. The minimum absolute atomic E-state index is 0.0832. The van der Waals surface area contributed by atoms with E-state index in [2.05, 4.69) is 10.3 Å². The summed E-state index contributed by atoms with van der Waals surface area (Å²) in [6.07, 6.45) is 3.69. The van der Waals surface area contributed by atoms with Crippen LogP contribution in [-0.2, 0) is 17.8 Å². The van der Waals surface area contributed by atoms with Crippen LogP contribution in [0.5, 0.6) is 0 Å². The van der Waals surface area contributed by atoms with Crippen LogP contribution in [0.25, 0.3) is 4.96 Å². The SMILES string of the molecule is Cc1cc(C(=O)NCCN(Cc2cccc(Cl)c2)C(=O)Cc2csc3nccn23)c(F)cc1N. The standard InChI is InChI=1S/C24H23ClFN5O2S/c1-15-9-19(20(26)12-21(15)27)23(33)28-5-7-30(13-16-3-2-4-17(25)10-16)22(32)11-18-14-34-24-29-6-8-31(18)24/h2-4,6,8-10,12,14H,5,7,11,13,27H2,1H3,(H,28,33). The van der Waals surface area contributed by atoms with Gasteiger partial charge in [0.05, 0.1) is 12.0 Å². The zero-order valence-electron chi connectivity index (χ0n) is 18.4. The van der Waals surface area contributed by atoms with Gasteiger partial charge in [-0.25, -0.2) is 9.37 Å². The molecule has 34 heavy (non-hydrogen) atoms. The van der Waals surface area contributed by atoms with E-state index in [1.54, 1.807) is 30.2 Å². The summed E-state index contributed by atoms with van der Waals surface area (Å²) in [7, 11) is 0. The number of nitrogens with zero attached hydrogens (tertiary/aromatic N) is 3. The van der Waals surface area contributed by atoms with Crippen molar-refractivity contribution in [2.75, 3.05) is 18.8 Å². The van der Waals surface area contributed by atoms with Crippen molar-refractivity contribution < 1.29 is 14.0 Å². The highest BCUT2D eigenvalue weighted by Crippen LogP contribution is 2.19. The second kappa shape index (κ2) is 10.2. The highest BCUT2D eigenvalue weighted by Gasteiger charge is 2.19. The van der Waals surface area contributed by atoms with Gasteiger partial charge in [0.15, 0.2) is 4.96 Å². The molecule has 0 fully saturated rings. The molecule has 2 amide bonds. The Bertz CT molecular complexity index is 1350. The summed E-state index contributed by atoms with van der Waals surface area (Å²) < 4.78 is 16.1. The second-order valence-corrected chi connectivity index (χ2v) is 9.15. The summed E-state index contributed by atoms with van der Waals surface area (Å²) in [6.45, 7) is 2.42. The molecule has 2 aromatic heterocycles. The smallest absolute Gasteiger partial charge is 0.254 e. The van der Waals surface area contributed by atoms with Gasteiger partial charge < -0.3 is 16.0 Å². The molecule has 0 atom stereocenters. The summed E-state index contributed by atoms with van der Waals surface area (Å²) in [5.74, 6) is -1.36. The third-order valence-corrected chi connectivity index (χ3v) is 6.57. The van der Waals surface area contributed by atoms with Gasteiger partial charge in [0.2, 0.25) is 5.91 Å². The fourth-order valence-corrected chi connectivity index (χ4v) is 4.65. The third kappa shape index (κ3) is 5.37. The lowest BCUT2D eigenvalue weighted by Gasteiger charge is -2.23. The van der Waals surface area contributed by atoms with Crippen LogP contribution in [0.15, 0.2) is 54.2 Å². The first-order valence-corrected chi connectivity index (χ1v) is 11.8. The molecule has 4 rings (SSSR count). The molecule has 0 bridgehead atoms. The Labute approximate surface area is 205 Å². The molecule has 2 heterocycles. The Morgan fingerprint density at radius 1 is 1.29 bits per heavy atom. The van der Waals surface area contributed by atoms with Crippen molar-refractivity contribution in [1.29, 1.82) is 0 Å². The van der Waals surface area contributed by atoms with Crippen molar-refractivity contribution in [3.63, 3.8) is 0 Å². The first kappa shape index (κ1) is 23.7. The van der Waals surface area contributed by atoms with Crippen LogP contribution in [0, 0.1) is 12.7 Å². The maximum atomic E-state index is 14.2. The number of amides is 2. The van der Waals surface area contributed by atoms with E-state index in [0.29, 0.717) is 17.1 Å². The number of benzene rings is 2. The number of thiazole rings is 1. The number of nitrogens with two attached hydrogens (primary N) is 1. The zero-order chi connectivity index (χ0) is 24.2. The first-order chi connectivity index (χ1) is 16.3. The molecule has 0 saturated carbocycles. The first-order valence-electron chi connectivity index (χ1n) is 10.6. The summed E-state index contributed by atoms with van der Waals surface area (Å²) in [6, 6.07) is 9.82. The maximum Gasteiger partial charge on any atom is 0.254 e. The second-order valence-electron chi connectivity index (χ2n) is 7.87. The summed E-state index contributed by atoms with van der Waals surface area (Å²) in [5.41, 5.74) is 8.22.